The Morgan fingerprint density at radius 3 is 2.43 bits per heavy atom. The Hall–Kier alpha value is -1.18. The van der Waals surface area contributed by atoms with E-state index < -0.39 is 5.79 Å². The monoisotopic (exact) mass is 325 g/mol. The van der Waals surface area contributed by atoms with Gasteiger partial charge in [0.2, 0.25) is 11.8 Å². The Balaban J connectivity index is 1.41. The minimum atomic E-state index is -0.455. The van der Waals surface area contributed by atoms with Crippen LogP contribution < -0.4 is 5.32 Å². The van der Waals surface area contributed by atoms with E-state index in [1.54, 1.807) is 0 Å². The Morgan fingerprint density at radius 2 is 1.83 bits per heavy atom. The molecular weight excluding hydrogens is 298 g/mol. The van der Waals surface area contributed by atoms with Crippen molar-refractivity contribution in [1.82, 2.24) is 15.1 Å². The summed E-state index contributed by atoms with van der Waals surface area (Å²) >= 11 is 0. The molecule has 0 bridgehead atoms. The number of nitrogens with one attached hydrogen (secondary N) is 1. The highest BCUT2D eigenvalue weighted by Crippen LogP contribution is 2.41. The third kappa shape index (κ3) is 3.84. The molecule has 2 heterocycles. The van der Waals surface area contributed by atoms with Crippen LogP contribution in [0.2, 0.25) is 0 Å². The molecule has 3 aliphatic rings. The number of hydrogen-bond donors (Lipinski definition) is 1. The molecule has 0 aromatic rings. The number of nitrogens with zero attached hydrogens (tertiary/aromatic N) is 2. The fourth-order valence-electron chi connectivity index (χ4n) is 3.38. The molecule has 1 saturated carbocycles. The third-order valence-electron chi connectivity index (χ3n) is 4.95. The molecule has 130 valence electrons. The van der Waals surface area contributed by atoms with E-state index in [1.165, 1.54) is 0 Å². The lowest BCUT2D eigenvalue weighted by molar-refractivity contribution is -0.187. The van der Waals surface area contributed by atoms with Gasteiger partial charge in [-0.1, -0.05) is 0 Å². The van der Waals surface area contributed by atoms with Crippen LogP contribution in [0.1, 0.15) is 19.3 Å². The van der Waals surface area contributed by atoms with Crippen molar-refractivity contribution in [1.29, 1.82) is 0 Å². The summed E-state index contributed by atoms with van der Waals surface area (Å²) in [5, 5.41) is 2.91. The Bertz CT molecular complexity index is 452. The number of carbonyl (C=O) groups excluding carboxylic acids is 2. The van der Waals surface area contributed by atoms with E-state index in [0.717, 1.165) is 19.4 Å². The molecule has 2 saturated heterocycles. The molecule has 7 nitrogen and oxygen atoms in total. The first-order valence-corrected chi connectivity index (χ1v) is 8.50. The summed E-state index contributed by atoms with van der Waals surface area (Å²) in [6.07, 6.45) is 2.14. The lowest BCUT2D eigenvalue weighted by Crippen LogP contribution is -2.48. The van der Waals surface area contributed by atoms with Crippen molar-refractivity contribution in [3.63, 3.8) is 0 Å². The SMILES string of the molecule is CN(C)CCNC(=O)C1CC1C(=O)N1CCC2(CC1)OCCO2. The van der Waals surface area contributed by atoms with Crippen LogP contribution in [0.3, 0.4) is 0 Å². The van der Waals surface area contributed by atoms with Gasteiger partial charge in [0.1, 0.15) is 0 Å². The molecule has 23 heavy (non-hydrogen) atoms. The van der Waals surface area contributed by atoms with Gasteiger partial charge >= 0.3 is 0 Å². The average molecular weight is 325 g/mol. The third-order valence-corrected chi connectivity index (χ3v) is 4.95. The number of rotatable bonds is 5. The van der Waals surface area contributed by atoms with Crippen molar-refractivity contribution >= 4 is 11.8 Å². The predicted molar refractivity (Wildman–Crippen MR) is 83.6 cm³/mol. The first kappa shape index (κ1) is 16.7. The van der Waals surface area contributed by atoms with Crippen molar-refractivity contribution in [2.45, 2.75) is 25.0 Å². The Morgan fingerprint density at radius 1 is 1.17 bits per heavy atom. The molecule has 3 rings (SSSR count). The minimum Gasteiger partial charge on any atom is -0.355 e. The van der Waals surface area contributed by atoms with Crippen LogP contribution in [0.4, 0.5) is 0 Å². The average Bonchev–Trinajstić information content (AvgIpc) is 3.21. The molecular formula is C16H27N3O4. The zero-order valence-electron chi connectivity index (χ0n) is 14.0. The number of piperidine rings is 1. The summed E-state index contributed by atoms with van der Waals surface area (Å²) in [7, 11) is 3.94. The fourth-order valence-corrected chi connectivity index (χ4v) is 3.38. The van der Waals surface area contributed by atoms with Gasteiger partial charge in [-0.25, -0.2) is 0 Å². The standard InChI is InChI=1S/C16H27N3O4/c1-18(2)8-5-17-14(20)12-11-13(12)15(21)19-6-3-16(4-7-19)22-9-10-23-16/h12-13H,3-11H2,1-2H3,(H,17,20). The van der Waals surface area contributed by atoms with E-state index in [1.807, 2.05) is 23.9 Å². The highest BCUT2D eigenvalue weighted by atomic mass is 16.7. The fraction of sp³-hybridized carbons (Fsp3) is 0.875. The maximum absolute atomic E-state index is 12.5. The highest BCUT2D eigenvalue weighted by Gasteiger charge is 2.51. The second-order valence-electron chi connectivity index (χ2n) is 6.98. The van der Waals surface area contributed by atoms with E-state index in [4.69, 9.17) is 9.47 Å². The van der Waals surface area contributed by atoms with Crippen LogP contribution in [0.25, 0.3) is 0 Å². The van der Waals surface area contributed by atoms with Crippen LogP contribution in [-0.4, -0.2) is 80.9 Å². The van der Waals surface area contributed by atoms with Gasteiger partial charge in [-0.3, -0.25) is 9.59 Å². The molecule has 0 radical (unpaired) electrons. The number of likely N-dealkylation sites (tertiary alicyclic amines) is 1. The largest absolute Gasteiger partial charge is 0.355 e. The molecule has 7 heteroatoms. The van der Waals surface area contributed by atoms with Gasteiger partial charge in [0, 0.05) is 39.0 Å². The molecule has 2 amide bonds. The first-order chi connectivity index (χ1) is 11.0. The van der Waals surface area contributed by atoms with E-state index in [2.05, 4.69) is 5.32 Å². The van der Waals surface area contributed by atoms with E-state index in [9.17, 15) is 9.59 Å². The summed E-state index contributed by atoms with van der Waals surface area (Å²) in [5.41, 5.74) is 0. The number of hydrogen-bond acceptors (Lipinski definition) is 5. The maximum atomic E-state index is 12.5. The lowest BCUT2D eigenvalue weighted by atomic mass is 10.0. The summed E-state index contributed by atoms with van der Waals surface area (Å²) < 4.78 is 11.4. The quantitative estimate of drug-likeness (QED) is 0.749. The van der Waals surface area contributed by atoms with Crippen molar-refractivity contribution in [3.05, 3.63) is 0 Å². The zero-order chi connectivity index (χ0) is 16.4. The van der Waals surface area contributed by atoms with Crippen LogP contribution >= 0.6 is 0 Å². The summed E-state index contributed by atoms with van der Waals surface area (Å²) in [5.74, 6) is -0.594. The smallest absolute Gasteiger partial charge is 0.226 e. The lowest BCUT2D eigenvalue weighted by Gasteiger charge is -2.37. The van der Waals surface area contributed by atoms with Gasteiger partial charge in [0.15, 0.2) is 5.79 Å². The molecule has 2 unspecified atom stereocenters. The van der Waals surface area contributed by atoms with Gasteiger partial charge in [0.25, 0.3) is 0 Å². The van der Waals surface area contributed by atoms with Crippen LogP contribution in [0, 0.1) is 11.8 Å². The molecule has 1 N–H and O–H groups in total. The van der Waals surface area contributed by atoms with Crippen LogP contribution in [0.15, 0.2) is 0 Å². The number of ether oxygens (including phenoxy) is 2. The Labute approximate surface area is 137 Å². The second-order valence-corrected chi connectivity index (χ2v) is 6.98. The number of likely N-dealkylation sites (N-methyl/N-ethyl adjacent to an activating group) is 1. The maximum Gasteiger partial charge on any atom is 0.226 e. The molecule has 1 aliphatic carbocycles. The van der Waals surface area contributed by atoms with Crippen molar-refractivity contribution < 1.29 is 19.1 Å². The van der Waals surface area contributed by atoms with Gasteiger partial charge in [-0.05, 0) is 20.5 Å². The molecule has 1 spiro atoms. The predicted octanol–water partition coefficient (Wildman–Crippen LogP) is -0.334. The minimum absolute atomic E-state index is 0.0149. The Kier molecular flexibility index (Phi) is 4.89. The summed E-state index contributed by atoms with van der Waals surface area (Å²) in [4.78, 5) is 28.5. The molecule has 0 aromatic heterocycles. The normalized spacial score (nSPS) is 29.1. The van der Waals surface area contributed by atoms with Crippen molar-refractivity contribution in [2.24, 2.45) is 11.8 Å². The number of amides is 2. The van der Waals surface area contributed by atoms with Crippen LogP contribution in [-0.2, 0) is 19.1 Å². The highest BCUT2D eigenvalue weighted by molar-refractivity contribution is 5.92. The molecule has 2 atom stereocenters. The summed E-state index contributed by atoms with van der Waals surface area (Å²) in [6, 6.07) is 0. The topological polar surface area (TPSA) is 71.1 Å². The van der Waals surface area contributed by atoms with Gasteiger partial charge in [-0.15, -0.1) is 0 Å². The zero-order valence-corrected chi connectivity index (χ0v) is 14.0. The molecule has 2 aliphatic heterocycles. The molecule has 3 fully saturated rings. The van der Waals surface area contributed by atoms with Gasteiger partial charge in [0.05, 0.1) is 25.0 Å². The van der Waals surface area contributed by atoms with E-state index >= 15 is 0 Å². The van der Waals surface area contributed by atoms with E-state index in [0.29, 0.717) is 39.3 Å². The van der Waals surface area contributed by atoms with E-state index in [-0.39, 0.29) is 23.7 Å². The number of carbonyl (C=O) groups is 2. The van der Waals surface area contributed by atoms with Gasteiger partial charge in [-0.2, -0.15) is 0 Å². The van der Waals surface area contributed by atoms with Gasteiger partial charge < -0.3 is 24.6 Å². The second kappa shape index (κ2) is 6.75. The molecule has 0 aromatic carbocycles. The van der Waals surface area contributed by atoms with Crippen LogP contribution in [0.5, 0.6) is 0 Å². The van der Waals surface area contributed by atoms with Crippen molar-refractivity contribution in [2.75, 3.05) is 53.5 Å². The summed E-state index contributed by atoms with van der Waals surface area (Å²) in [6.45, 7) is 4.04. The van der Waals surface area contributed by atoms with Crippen molar-refractivity contribution in [3.8, 4) is 0 Å². The first-order valence-electron chi connectivity index (χ1n) is 8.50.